The van der Waals surface area contributed by atoms with Crippen LogP contribution in [0.25, 0.3) is 5.57 Å². The van der Waals surface area contributed by atoms with Gasteiger partial charge in [-0.15, -0.1) is 0 Å². The molecule has 0 atom stereocenters. The summed E-state index contributed by atoms with van der Waals surface area (Å²) in [5, 5.41) is 20.4. The molecule has 1 aromatic heterocycles. The second-order valence-electron chi connectivity index (χ2n) is 8.90. The average Bonchev–Trinajstić information content (AvgIpc) is 3.49. The molecule has 0 radical (unpaired) electrons. The minimum Gasteiger partial charge on any atom is -0.492 e. The molecule has 0 amide bonds. The van der Waals surface area contributed by atoms with Gasteiger partial charge in [0, 0.05) is 43.2 Å². The summed E-state index contributed by atoms with van der Waals surface area (Å²) in [6, 6.07) is 8.81. The molecule has 1 fully saturated rings. The van der Waals surface area contributed by atoms with E-state index in [1.807, 2.05) is 4.90 Å². The summed E-state index contributed by atoms with van der Waals surface area (Å²) >= 11 is 7.03. The van der Waals surface area contributed by atoms with Gasteiger partial charge >= 0.3 is 6.18 Å². The second-order valence-corrected chi connectivity index (χ2v) is 10.3. The molecule has 2 aromatic carbocycles. The standard InChI is InChI=1S/C25H21ClF5N5OS/c26-17-3-1-15(19(11-17)25(29,30)31)10-18(14-2-4-20-16(9-14)12-32-34-20)22-23(37)33-24(38-22)36-7-5-35(6-8-36)13-21(27)28/h1-4,9,11-12,21,37H,5-8,10,13H2. The summed E-state index contributed by atoms with van der Waals surface area (Å²) in [6.07, 6.45) is -5.66. The molecule has 0 aliphatic carbocycles. The molecule has 1 saturated heterocycles. The number of thiazole rings is 1. The first-order valence-electron chi connectivity index (χ1n) is 11.6. The minimum atomic E-state index is -4.63. The van der Waals surface area contributed by atoms with Crippen LogP contribution < -0.4 is 15.5 Å². The van der Waals surface area contributed by atoms with Crippen molar-refractivity contribution in [2.24, 2.45) is 10.2 Å². The van der Waals surface area contributed by atoms with Crippen LogP contribution in [0.4, 0.5) is 27.1 Å². The smallest absolute Gasteiger partial charge is 0.416 e. The maximum atomic E-state index is 13.9. The maximum absolute atomic E-state index is 13.9. The van der Waals surface area contributed by atoms with E-state index in [0.29, 0.717) is 57.9 Å². The molecular weight excluding hydrogens is 549 g/mol. The molecule has 0 unspecified atom stereocenters. The molecule has 5 rings (SSSR count). The Morgan fingerprint density at radius 2 is 1.84 bits per heavy atom. The predicted octanol–water partition coefficient (Wildman–Crippen LogP) is 4.32. The van der Waals surface area contributed by atoms with Crippen LogP contribution in [0.5, 0.6) is 5.88 Å². The van der Waals surface area contributed by atoms with E-state index in [9.17, 15) is 27.1 Å². The number of rotatable bonds is 6. The summed E-state index contributed by atoms with van der Waals surface area (Å²) in [6.45, 7) is 1.37. The lowest BCUT2D eigenvalue weighted by Crippen LogP contribution is -2.47. The molecule has 0 saturated carbocycles. The SMILES string of the molecule is Oc1nc(N2CCN(CC(F)F)CC2)sc1C(Cc1ccc(Cl)cc1C(F)(F)F)=c1ccc2c(c1)C=NN=2. The quantitative estimate of drug-likeness (QED) is 0.449. The van der Waals surface area contributed by atoms with Crippen LogP contribution in [0, 0.1) is 0 Å². The highest BCUT2D eigenvalue weighted by atomic mass is 35.5. The first-order valence-corrected chi connectivity index (χ1v) is 12.8. The second kappa shape index (κ2) is 10.6. The van der Waals surface area contributed by atoms with Gasteiger partial charge in [-0.3, -0.25) is 4.90 Å². The van der Waals surface area contributed by atoms with Gasteiger partial charge < -0.3 is 10.0 Å². The van der Waals surface area contributed by atoms with Crippen molar-refractivity contribution in [2.45, 2.75) is 19.0 Å². The molecule has 2 aliphatic rings. The van der Waals surface area contributed by atoms with E-state index in [0.717, 1.165) is 17.4 Å². The molecule has 200 valence electrons. The average molecular weight is 570 g/mol. The van der Waals surface area contributed by atoms with Crippen molar-refractivity contribution in [3.05, 3.63) is 73.6 Å². The van der Waals surface area contributed by atoms with Gasteiger partial charge in [-0.25, -0.2) is 8.78 Å². The van der Waals surface area contributed by atoms with Gasteiger partial charge in [0.15, 0.2) is 5.13 Å². The van der Waals surface area contributed by atoms with E-state index in [2.05, 4.69) is 15.2 Å². The number of aromatic hydroxyl groups is 1. The molecule has 2 aliphatic heterocycles. The number of halogens is 6. The number of anilines is 1. The van der Waals surface area contributed by atoms with E-state index in [-0.39, 0.29) is 29.4 Å². The van der Waals surface area contributed by atoms with Crippen LogP contribution in [0.2, 0.25) is 5.02 Å². The van der Waals surface area contributed by atoms with Crippen LogP contribution in [0.15, 0.2) is 46.6 Å². The third-order valence-corrected chi connectivity index (χ3v) is 7.79. The summed E-state index contributed by atoms with van der Waals surface area (Å²) in [4.78, 5) is 8.15. The predicted molar refractivity (Wildman–Crippen MR) is 136 cm³/mol. The number of hydrogen-bond acceptors (Lipinski definition) is 7. The van der Waals surface area contributed by atoms with Crippen LogP contribution in [0.3, 0.4) is 0 Å². The van der Waals surface area contributed by atoms with Crippen molar-refractivity contribution in [1.82, 2.24) is 9.88 Å². The van der Waals surface area contributed by atoms with Gasteiger partial charge in [-0.05, 0) is 40.6 Å². The molecule has 3 heterocycles. The Labute approximate surface area is 223 Å². The van der Waals surface area contributed by atoms with Crippen molar-refractivity contribution < 1.29 is 27.1 Å². The monoisotopic (exact) mass is 569 g/mol. The van der Waals surface area contributed by atoms with E-state index in [4.69, 9.17) is 11.6 Å². The molecule has 38 heavy (non-hydrogen) atoms. The molecule has 13 heteroatoms. The van der Waals surface area contributed by atoms with Crippen LogP contribution in [-0.4, -0.2) is 60.4 Å². The molecule has 0 bridgehead atoms. The largest absolute Gasteiger partial charge is 0.492 e. The number of hydrogen-bond donors (Lipinski definition) is 1. The number of nitrogens with zero attached hydrogens (tertiary/aromatic N) is 5. The fourth-order valence-corrected chi connectivity index (χ4v) is 5.76. The lowest BCUT2D eigenvalue weighted by atomic mass is 9.96. The van der Waals surface area contributed by atoms with Gasteiger partial charge in [0.2, 0.25) is 5.88 Å². The molecule has 6 nitrogen and oxygen atoms in total. The zero-order valence-electron chi connectivity index (χ0n) is 19.7. The highest BCUT2D eigenvalue weighted by Crippen LogP contribution is 2.39. The third kappa shape index (κ3) is 5.67. The zero-order chi connectivity index (χ0) is 27.0. The number of fused-ring (bicyclic) bond motifs is 1. The Kier molecular flexibility index (Phi) is 7.38. The Morgan fingerprint density at radius 1 is 1.08 bits per heavy atom. The van der Waals surface area contributed by atoms with Crippen molar-refractivity contribution in [2.75, 3.05) is 37.6 Å². The normalized spacial score (nSPS) is 16.7. The van der Waals surface area contributed by atoms with Gasteiger partial charge in [0.25, 0.3) is 6.43 Å². The van der Waals surface area contributed by atoms with E-state index >= 15 is 0 Å². The molecule has 0 spiro atoms. The highest BCUT2D eigenvalue weighted by Gasteiger charge is 2.34. The van der Waals surface area contributed by atoms with Crippen molar-refractivity contribution in [3.63, 3.8) is 0 Å². The van der Waals surface area contributed by atoms with Gasteiger partial charge in [-0.2, -0.15) is 28.4 Å². The minimum absolute atomic E-state index is 0.00860. The zero-order valence-corrected chi connectivity index (χ0v) is 21.3. The van der Waals surface area contributed by atoms with Crippen LogP contribution in [-0.2, 0) is 12.6 Å². The van der Waals surface area contributed by atoms with E-state index < -0.39 is 18.2 Å². The topological polar surface area (TPSA) is 64.3 Å². The summed E-state index contributed by atoms with van der Waals surface area (Å²) in [5.74, 6) is -0.309. The molecular formula is C25H21ClF5N5OS. The number of benzene rings is 2. The summed E-state index contributed by atoms with van der Waals surface area (Å²) < 4.78 is 67.1. The van der Waals surface area contributed by atoms with Crippen LogP contribution in [0.1, 0.15) is 21.6 Å². The molecule has 1 N–H and O–H groups in total. The maximum Gasteiger partial charge on any atom is 0.416 e. The van der Waals surface area contributed by atoms with Gasteiger partial charge in [0.05, 0.1) is 28.6 Å². The van der Waals surface area contributed by atoms with Crippen molar-refractivity contribution >= 4 is 39.9 Å². The Bertz CT molecular complexity index is 1500. The summed E-state index contributed by atoms with van der Waals surface area (Å²) in [7, 11) is 0. The Hall–Kier alpha value is -3.09. The number of aromatic nitrogens is 1. The van der Waals surface area contributed by atoms with E-state index in [1.165, 1.54) is 12.1 Å². The fourth-order valence-electron chi connectivity index (χ4n) is 4.51. The van der Waals surface area contributed by atoms with E-state index in [1.54, 1.807) is 29.3 Å². The first-order chi connectivity index (χ1) is 18.1. The van der Waals surface area contributed by atoms with Crippen LogP contribution >= 0.6 is 22.9 Å². The number of alkyl halides is 5. The Morgan fingerprint density at radius 3 is 2.55 bits per heavy atom. The number of piperazine rings is 1. The summed E-state index contributed by atoms with van der Waals surface area (Å²) in [5.41, 5.74) is 0.273. The van der Waals surface area contributed by atoms with Crippen molar-refractivity contribution in [3.8, 4) is 5.88 Å². The lowest BCUT2D eigenvalue weighted by molar-refractivity contribution is -0.138. The Balaban J connectivity index is 1.56. The van der Waals surface area contributed by atoms with Crippen molar-refractivity contribution in [1.29, 1.82) is 0 Å². The highest BCUT2D eigenvalue weighted by molar-refractivity contribution is 7.17. The lowest BCUT2D eigenvalue weighted by Gasteiger charge is -2.34. The fraction of sp³-hybridized carbons (Fsp3) is 0.320. The molecule has 3 aromatic rings. The van der Waals surface area contributed by atoms with Gasteiger partial charge in [0.1, 0.15) is 0 Å². The van der Waals surface area contributed by atoms with Gasteiger partial charge in [-0.1, -0.05) is 35.1 Å². The third-order valence-electron chi connectivity index (χ3n) is 6.39. The first kappa shape index (κ1) is 26.5.